The number of thiazole rings is 1. The zero-order chi connectivity index (χ0) is 11.0. The highest BCUT2D eigenvalue weighted by Crippen LogP contribution is 2.33. The van der Waals surface area contributed by atoms with Crippen LogP contribution in [0.1, 0.15) is 5.01 Å². The SMILES string of the molecule is CSc1cc2sc(C)[n+](C)c2cc1SC. The lowest BCUT2D eigenvalue weighted by atomic mass is 10.3. The lowest BCUT2D eigenvalue weighted by Gasteiger charge is -2.02. The highest BCUT2D eigenvalue weighted by molar-refractivity contribution is 8.01. The Balaban J connectivity index is 2.75. The molecule has 0 aliphatic carbocycles. The van der Waals surface area contributed by atoms with Crippen molar-refractivity contribution < 1.29 is 4.57 Å². The van der Waals surface area contributed by atoms with Gasteiger partial charge in [0.05, 0.1) is 0 Å². The molecule has 2 aromatic rings. The molecule has 1 aromatic carbocycles. The highest BCUT2D eigenvalue weighted by Gasteiger charge is 2.15. The first kappa shape index (κ1) is 11.3. The van der Waals surface area contributed by atoms with E-state index in [9.17, 15) is 0 Å². The van der Waals surface area contributed by atoms with Gasteiger partial charge in [-0.2, -0.15) is 4.57 Å². The number of hydrogen-bond donors (Lipinski definition) is 0. The Morgan fingerprint density at radius 2 is 1.73 bits per heavy atom. The third-order valence-electron chi connectivity index (χ3n) is 2.56. The summed E-state index contributed by atoms with van der Waals surface area (Å²) in [5, 5.41) is 1.36. The van der Waals surface area contributed by atoms with Crippen LogP contribution in [0.3, 0.4) is 0 Å². The molecule has 1 heterocycles. The molecule has 0 saturated carbocycles. The minimum Gasteiger partial charge on any atom is -0.189 e. The van der Waals surface area contributed by atoms with E-state index in [4.69, 9.17) is 0 Å². The molecule has 2 rings (SSSR count). The maximum absolute atomic E-state index is 2.31. The Hall–Kier alpha value is -0.190. The minimum absolute atomic E-state index is 1.35. The molecule has 0 bridgehead atoms. The van der Waals surface area contributed by atoms with Gasteiger partial charge in [0.15, 0.2) is 0 Å². The zero-order valence-corrected chi connectivity index (χ0v) is 11.8. The molecule has 0 radical (unpaired) electrons. The Morgan fingerprint density at radius 1 is 1.13 bits per heavy atom. The molecule has 0 unspecified atom stereocenters. The van der Waals surface area contributed by atoms with Crippen LogP contribution in [-0.2, 0) is 7.05 Å². The molecule has 0 aliphatic heterocycles. The normalized spacial score (nSPS) is 11.2. The molecule has 0 aliphatic rings. The second kappa shape index (κ2) is 4.36. The van der Waals surface area contributed by atoms with Crippen molar-refractivity contribution >= 4 is 45.1 Å². The van der Waals surface area contributed by atoms with Crippen LogP contribution in [0.5, 0.6) is 0 Å². The van der Waals surface area contributed by atoms with Gasteiger partial charge < -0.3 is 0 Å². The van der Waals surface area contributed by atoms with E-state index in [-0.39, 0.29) is 0 Å². The van der Waals surface area contributed by atoms with E-state index < -0.39 is 0 Å². The lowest BCUT2D eigenvalue weighted by molar-refractivity contribution is -0.646. The van der Waals surface area contributed by atoms with Crippen molar-refractivity contribution in [3.63, 3.8) is 0 Å². The fourth-order valence-electron chi connectivity index (χ4n) is 1.59. The molecule has 0 N–H and O–H groups in total. The average Bonchev–Trinajstić information content (AvgIpc) is 2.53. The summed E-state index contributed by atoms with van der Waals surface area (Å²) < 4.78 is 3.65. The van der Waals surface area contributed by atoms with Crippen molar-refractivity contribution in [2.24, 2.45) is 7.05 Å². The van der Waals surface area contributed by atoms with Crippen molar-refractivity contribution in [2.45, 2.75) is 16.7 Å². The first-order valence-electron chi connectivity index (χ1n) is 4.68. The van der Waals surface area contributed by atoms with Crippen LogP contribution < -0.4 is 4.57 Å². The zero-order valence-electron chi connectivity index (χ0n) is 9.33. The maximum atomic E-state index is 2.31. The Kier molecular flexibility index (Phi) is 3.28. The van der Waals surface area contributed by atoms with Crippen LogP contribution in [0.2, 0.25) is 0 Å². The summed E-state index contributed by atoms with van der Waals surface area (Å²) in [6.45, 7) is 2.17. The van der Waals surface area contributed by atoms with Gasteiger partial charge >= 0.3 is 0 Å². The van der Waals surface area contributed by atoms with Crippen molar-refractivity contribution in [3.8, 4) is 0 Å². The molecule has 80 valence electrons. The fourth-order valence-corrected chi connectivity index (χ4v) is 4.18. The molecule has 0 atom stereocenters. The molecule has 0 amide bonds. The predicted octanol–water partition coefficient (Wildman–Crippen LogP) is 3.48. The summed E-state index contributed by atoms with van der Waals surface area (Å²) in [7, 11) is 2.14. The third-order valence-corrected chi connectivity index (χ3v) is 5.36. The van der Waals surface area contributed by atoms with E-state index in [1.807, 2.05) is 34.9 Å². The lowest BCUT2D eigenvalue weighted by Crippen LogP contribution is -2.28. The second-order valence-electron chi connectivity index (χ2n) is 3.36. The van der Waals surface area contributed by atoms with Gasteiger partial charge in [0.25, 0.3) is 0 Å². The summed E-state index contributed by atoms with van der Waals surface area (Å²) >= 11 is 5.52. The summed E-state index contributed by atoms with van der Waals surface area (Å²) in [5.74, 6) is 0. The maximum Gasteiger partial charge on any atom is 0.234 e. The van der Waals surface area contributed by atoms with E-state index in [1.165, 1.54) is 25.0 Å². The van der Waals surface area contributed by atoms with E-state index >= 15 is 0 Å². The van der Waals surface area contributed by atoms with Crippen LogP contribution in [0.25, 0.3) is 10.2 Å². The fraction of sp³-hybridized carbons (Fsp3) is 0.364. The summed E-state index contributed by atoms with van der Waals surface area (Å²) in [6.07, 6.45) is 4.28. The van der Waals surface area contributed by atoms with Gasteiger partial charge in [-0.05, 0) is 18.6 Å². The van der Waals surface area contributed by atoms with Gasteiger partial charge in [0.2, 0.25) is 10.5 Å². The highest BCUT2D eigenvalue weighted by atomic mass is 32.2. The van der Waals surface area contributed by atoms with Crippen molar-refractivity contribution in [3.05, 3.63) is 17.1 Å². The van der Waals surface area contributed by atoms with E-state index in [2.05, 4.69) is 43.2 Å². The summed E-state index contributed by atoms with van der Waals surface area (Å²) in [4.78, 5) is 2.76. The topological polar surface area (TPSA) is 3.88 Å². The number of fused-ring (bicyclic) bond motifs is 1. The number of hydrogen-bond acceptors (Lipinski definition) is 3. The molecule has 0 fully saturated rings. The van der Waals surface area contributed by atoms with Crippen molar-refractivity contribution in [2.75, 3.05) is 12.5 Å². The summed E-state index contributed by atoms with van der Waals surface area (Å²) in [6, 6.07) is 4.61. The molecule has 0 saturated heterocycles. The number of thioether (sulfide) groups is 2. The van der Waals surface area contributed by atoms with E-state index in [0.29, 0.717) is 0 Å². The van der Waals surface area contributed by atoms with Gasteiger partial charge in [-0.3, -0.25) is 0 Å². The molecule has 15 heavy (non-hydrogen) atoms. The largest absolute Gasteiger partial charge is 0.234 e. The monoisotopic (exact) mass is 256 g/mol. The number of nitrogens with zero attached hydrogens (tertiary/aromatic N) is 1. The van der Waals surface area contributed by atoms with E-state index in [0.717, 1.165) is 0 Å². The quantitative estimate of drug-likeness (QED) is 0.598. The first-order valence-corrected chi connectivity index (χ1v) is 7.95. The van der Waals surface area contributed by atoms with Gasteiger partial charge in [-0.1, -0.05) is 11.3 Å². The number of benzene rings is 1. The van der Waals surface area contributed by atoms with Gasteiger partial charge in [0, 0.05) is 22.8 Å². The average molecular weight is 256 g/mol. The second-order valence-corrected chi connectivity index (χ2v) is 6.29. The number of rotatable bonds is 2. The third kappa shape index (κ3) is 1.90. The number of aromatic nitrogens is 1. The van der Waals surface area contributed by atoms with Crippen LogP contribution in [-0.4, -0.2) is 12.5 Å². The smallest absolute Gasteiger partial charge is 0.189 e. The Bertz CT molecular complexity index is 502. The van der Waals surface area contributed by atoms with Gasteiger partial charge in [-0.15, -0.1) is 23.5 Å². The Morgan fingerprint density at radius 3 is 2.33 bits per heavy atom. The molecule has 4 heteroatoms. The summed E-state index contributed by atoms with van der Waals surface area (Å²) in [5.41, 5.74) is 1.35. The van der Waals surface area contributed by atoms with Crippen LogP contribution in [0.4, 0.5) is 0 Å². The van der Waals surface area contributed by atoms with E-state index in [1.54, 1.807) is 0 Å². The predicted molar refractivity (Wildman–Crippen MR) is 71.3 cm³/mol. The molecule has 1 nitrogen and oxygen atoms in total. The Labute approximate surface area is 103 Å². The minimum atomic E-state index is 1.35. The van der Waals surface area contributed by atoms with Crippen molar-refractivity contribution in [1.82, 2.24) is 0 Å². The van der Waals surface area contributed by atoms with Crippen LogP contribution >= 0.6 is 34.9 Å². The van der Waals surface area contributed by atoms with Crippen LogP contribution in [0.15, 0.2) is 21.9 Å². The molecule has 0 spiro atoms. The van der Waals surface area contributed by atoms with Gasteiger partial charge in [0.1, 0.15) is 11.7 Å². The van der Waals surface area contributed by atoms with Crippen molar-refractivity contribution in [1.29, 1.82) is 0 Å². The standard InChI is InChI=1S/C11H14NS3/c1-7-12(2)8-5-10(13-3)11(14-4)6-9(8)15-7/h5-6H,1-4H3/q+1. The molecule has 1 aromatic heterocycles. The number of aryl methyl sites for hydroxylation is 2. The molecular formula is C11H14NS3+. The molecular weight excluding hydrogens is 242 g/mol. The van der Waals surface area contributed by atoms with Crippen LogP contribution in [0, 0.1) is 6.92 Å². The van der Waals surface area contributed by atoms with Gasteiger partial charge in [-0.25, -0.2) is 0 Å². The first-order chi connectivity index (χ1) is 7.17.